The molecule has 0 bridgehead atoms. The van der Waals surface area contributed by atoms with Gasteiger partial charge in [0.25, 0.3) is 0 Å². The van der Waals surface area contributed by atoms with Gasteiger partial charge in [-0.15, -0.1) is 0 Å². The van der Waals surface area contributed by atoms with E-state index in [1.54, 1.807) is 6.34 Å². The molecule has 2 aromatic heterocycles. The molecule has 5 aliphatic heterocycles. The van der Waals surface area contributed by atoms with Crippen LogP contribution in [0.2, 0.25) is 0 Å². The van der Waals surface area contributed by atoms with Crippen molar-refractivity contribution in [1.82, 2.24) is 4.90 Å². The van der Waals surface area contributed by atoms with Crippen molar-refractivity contribution >= 4 is 64.2 Å². The van der Waals surface area contributed by atoms with Crippen molar-refractivity contribution < 1.29 is 8.83 Å². The summed E-state index contributed by atoms with van der Waals surface area (Å²) in [5, 5.41) is 7.27. The first-order chi connectivity index (χ1) is 27.5. The minimum absolute atomic E-state index is 0.110. The number of nitrogens with one attached hydrogen (secondary N) is 2. The molecule has 0 unspecified atom stereocenters. The average molecular weight is 764 g/mol. The third-order valence-corrected chi connectivity index (χ3v) is 11.2. The third kappa shape index (κ3) is 7.55. The number of allylic oxidation sites excluding steroid dienone is 2. The second kappa shape index (κ2) is 14.6. The van der Waals surface area contributed by atoms with E-state index >= 15 is 0 Å². The van der Waals surface area contributed by atoms with E-state index in [2.05, 4.69) is 133 Å². The lowest BCUT2D eigenvalue weighted by molar-refractivity contribution is 0.418. The van der Waals surface area contributed by atoms with Crippen molar-refractivity contribution in [2.45, 2.75) is 90.9 Å². The van der Waals surface area contributed by atoms with Crippen LogP contribution in [0.3, 0.4) is 0 Å². The molecule has 0 radical (unpaired) electrons. The molecule has 11 heteroatoms. The number of benzene rings is 2. The Bertz CT molecular complexity index is 2240. The van der Waals surface area contributed by atoms with Crippen LogP contribution in [-0.2, 0) is 10.8 Å². The molecule has 9 rings (SSSR count). The van der Waals surface area contributed by atoms with E-state index in [0.29, 0.717) is 23.7 Å². The Kier molecular flexibility index (Phi) is 9.41. The number of anilines is 6. The number of furan rings is 2. The van der Waals surface area contributed by atoms with Gasteiger partial charge in [-0.25, -0.2) is 24.9 Å². The zero-order valence-corrected chi connectivity index (χ0v) is 34.0. The van der Waals surface area contributed by atoms with E-state index in [9.17, 15) is 0 Å². The molecule has 2 fully saturated rings. The number of hydrogen-bond donors (Lipinski definition) is 2. The molecule has 2 aromatic carbocycles. The van der Waals surface area contributed by atoms with Gasteiger partial charge in [-0.1, -0.05) is 41.5 Å². The van der Waals surface area contributed by atoms with Crippen molar-refractivity contribution in [3.63, 3.8) is 0 Å². The summed E-state index contributed by atoms with van der Waals surface area (Å²) in [5.74, 6) is 4.28. The monoisotopic (exact) mass is 763 g/mol. The van der Waals surface area contributed by atoms with Gasteiger partial charge in [0.2, 0.25) is 11.9 Å². The van der Waals surface area contributed by atoms with Crippen LogP contribution in [0, 0.1) is 0 Å². The summed E-state index contributed by atoms with van der Waals surface area (Å²) >= 11 is 0. The lowest BCUT2D eigenvalue weighted by Crippen LogP contribution is -2.40. The standard InChI is InChI=1S/C46H53N9O2/c1-45(2,3)39-17-19-41(56-39)49-35-25-30(53-21-9-7-10-22-53)13-15-33(35)37-27-32-28-38(52-44-48-29-47-43(51-37)55(32)44)34-16-14-31(54-23-11-8-12-24-54)26-36(34)50-42-20-18-40(57-42)46(4,5)6/h13-20,25-29,49-50H,7-12,21-24H2,1-6H3. The van der Waals surface area contributed by atoms with Gasteiger partial charge in [-0.05, 0) is 99.2 Å². The number of aliphatic imine (C=N–C) groups is 4. The van der Waals surface area contributed by atoms with Crippen molar-refractivity contribution in [1.29, 1.82) is 0 Å². The van der Waals surface area contributed by atoms with Crippen LogP contribution >= 0.6 is 0 Å². The van der Waals surface area contributed by atoms with E-state index < -0.39 is 0 Å². The second-order valence-electron chi connectivity index (χ2n) is 17.6. The quantitative estimate of drug-likeness (QED) is 0.184. The van der Waals surface area contributed by atoms with Crippen molar-refractivity contribution in [2.75, 3.05) is 46.6 Å². The van der Waals surface area contributed by atoms with E-state index in [1.165, 1.54) is 49.9 Å². The lowest BCUT2D eigenvalue weighted by atomic mass is 9.94. The summed E-state index contributed by atoms with van der Waals surface area (Å²) in [4.78, 5) is 26.3. The molecule has 4 aromatic rings. The Hall–Kier alpha value is -5.84. The summed E-state index contributed by atoms with van der Waals surface area (Å²) in [6.07, 6.45) is 13.1. The van der Waals surface area contributed by atoms with Gasteiger partial charge in [0.05, 0.1) is 28.5 Å². The van der Waals surface area contributed by atoms with Gasteiger partial charge in [0.15, 0.2) is 11.8 Å². The minimum Gasteiger partial charge on any atom is -0.445 e. The van der Waals surface area contributed by atoms with Gasteiger partial charge >= 0.3 is 0 Å². The SMILES string of the molecule is CC(C)(C)c1ccc(Nc2cc(N3CCCCC3)ccc2C2=CC3=CC(c4ccc(N5CCCCC5)cc4Nc4ccc(C(C)(C)C)o4)=NC4=NC=NC(=N2)N34)o1. The number of guanidine groups is 2. The third-order valence-electron chi connectivity index (χ3n) is 11.2. The van der Waals surface area contributed by atoms with Crippen LogP contribution in [-0.4, -0.2) is 55.0 Å². The molecule has 57 heavy (non-hydrogen) atoms. The first-order valence-electron chi connectivity index (χ1n) is 20.5. The number of hydrogen-bond acceptors (Lipinski definition) is 11. The number of piperidine rings is 2. The Morgan fingerprint density at radius 2 is 1.12 bits per heavy atom. The molecular weight excluding hydrogens is 711 g/mol. The van der Waals surface area contributed by atoms with Crippen LogP contribution in [0.25, 0.3) is 5.70 Å². The van der Waals surface area contributed by atoms with Crippen LogP contribution in [0.4, 0.5) is 34.5 Å². The van der Waals surface area contributed by atoms with Crippen LogP contribution in [0.5, 0.6) is 0 Å². The molecule has 0 spiro atoms. The molecule has 0 aliphatic carbocycles. The summed E-state index contributed by atoms with van der Waals surface area (Å²) in [7, 11) is 0. The van der Waals surface area contributed by atoms with E-state index in [1.807, 2.05) is 17.0 Å². The number of nitrogens with zero attached hydrogens (tertiary/aromatic N) is 7. The highest BCUT2D eigenvalue weighted by molar-refractivity contribution is 6.24. The first kappa shape index (κ1) is 36.8. The normalized spacial score (nSPS) is 18.4. The molecule has 7 heterocycles. The van der Waals surface area contributed by atoms with Gasteiger partial charge in [0, 0.05) is 71.6 Å². The second-order valence-corrected chi connectivity index (χ2v) is 17.6. The summed E-state index contributed by atoms with van der Waals surface area (Å²) in [6, 6.07) is 21.3. The van der Waals surface area contributed by atoms with E-state index in [-0.39, 0.29) is 10.8 Å². The summed E-state index contributed by atoms with van der Waals surface area (Å²) in [6.45, 7) is 17.1. The Morgan fingerprint density at radius 3 is 1.67 bits per heavy atom. The van der Waals surface area contributed by atoms with E-state index in [0.717, 1.165) is 77.3 Å². The highest BCUT2D eigenvalue weighted by Gasteiger charge is 2.33. The fraction of sp³-hybridized carbons (Fsp3) is 0.391. The predicted molar refractivity (Wildman–Crippen MR) is 234 cm³/mol. The summed E-state index contributed by atoms with van der Waals surface area (Å²) < 4.78 is 12.7. The molecule has 0 saturated carbocycles. The molecule has 294 valence electrons. The van der Waals surface area contributed by atoms with Crippen molar-refractivity contribution in [3.05, 3.63) is 101 Å². The van der Waals surface area contributed by atoms with Crippen LogP contribution < -0.4 is 20.4 Å². The minimum atomic E-state index is -0.110. The predicted octanol–water partition coefficient (Wildman–Crippen LogP) is 10.7. The van der Waals surface area contributed by atoms with Gasteiger partial charge in [-0.2, -0.15) is 0 Å². The Morgan fingerprint density at radius 1 is 0.579 bits per heavy atom. The zero-order valence-electron chi connectivity index (χ0n) is 34.0. The highest BCUT2D eigenvalue weighted by Crippen LogP contribution is 2.39. The Balaban J connectivity index is 1.11. The summed E-state index contributed by atoms with van der Waals surface area (Å²) in [5.41, 5.74) is 8.33. The smallest absolute Gasteiger partial charge is 0.239 e. The van der Waals surface area contributed by atoms with E-state index in [4.69, 9.17) is 18.8 Å². The molecule has 0 amide bonds. The lowest BCUT2D eigenvalue weighted by Gasteiger charge is -2.33. The van der Waals surface area contributed by atoms with Crippen LogP contribution in [0.1, 0.15) is 103 Å². The zero-order chi connectivity index (χ0) is 39.3. The maximum atomic E-state index is 6.34. The van der Waals surface area contributed by atoms with Gasteiger partial charge < -0.3 is 29.3 Å². The largest absolute Gasteiger partial charge is 0.445 e. The molecule has 2 saturated heterocycles. The molecule has 5 aliphatic rings. The molecule has 2 N–H and O–H groups in total. The topological polar surface area (TPSA) is 110 Å². The van der Waals surface area contributed by atoms with Crippen LogP contribution in [0.15, 0.2) is 107 Å². The molecule has 11 nitrogen and oxygen atoms in total. The average Bonchev–Trinajstić information content (AvgIpc) is 3.89. The maximum Gasteiger partial charge on any atom is 0.239 e. The fourth-order valence-corrected chi connectivity index (χ4v) is 8.03. The number of rotatable bonds is 8. The molecule has 0 atom stereocenters. The highest BCUT2D eigenvalue weighted by atomic mass is 16.4. The molecular formula is C46H53N9O2. The van der Waals surface area contributed by atoms with Crippen molar-refractivity contribution in [2.24, 2.45) is 20.0 Å². The van der Waals surface area contributed by atoms with Gasteiger partial charge in [-0.3, -0.25) is 0 Å². The van der Waals surface area contributed by atoms with Gasteiger partial charge in [0.1, 0.15) is 17.9 Å². The fourth-order valence-electron chi connectivity index (χ4n) is 8.03. The first-order valence-corrected chi connectivity index (χ1v) is 20.5. The maximum absolute atomic E-state index is 6.34. The van der Waals surface area contributed by atoms with Crippen molar-refractivity contribution in [3.8, 4) is 0 Å². The Labute approximate surface area is 335 Å².